The number of amides is 1. The van der Waals surface area contributed by atoms with Crippen LogP contribution in [0.1, 0.15) is 33.1 Å². The third-order valence-corrected chi connectivity index (χ3v) is 2.53. The van der Waals surface area contributed by atoms with Gasteiger partial charge in [-0.3, -0.25) is 10.0 Å². The average molecular weight is 200 g/mol. The molecule has 0 spiro atoms. The van der Waals surface area contributed by atoms with Gasteiger partial charge in [0.1, 0.15) is 0 Å². The molecule has 4 N–H and O–H groups in total. The maximum Gasteiger partial charge on any atom is 0.243 e. The molecule has 0 aromatic heterocycles. The largest absolute Gasteiger partial charge is 0.324 e. The van der Waals surface area contributed by atoms with Gasteiger partial charge in [-0.05, 0) is 18.8 Å². The van der Waals surface area contributed by atoms with Crippen LogP contribution in [0.2, 0.25) is 0 Å². The second-order valence-corrected chi connectivity index (χ2v) is 3.56. The number of hydroxylamine groups is 1. The molecule has 2 atom stereocenters. The Morgan fingerprint density at radius 1 is 1.64 bits per heavy atom. The zero-order valence-electron chi connectivity index (χ0n) is 8.92. The van der Waals surface area contributed by atoms with Gasteiger partial charge in [-0.25, -0.2) is 5.48 Å². The van der Waals surface area contributed by atoms with Crippen molar-refractivity contribution in [1.29, 1.82) is 0 Å². The van der Waals surface area contributed by atoms with Crippen LogP contribution in [0.3, 0.4) is 0 Å². The predicted octanol–water partition coefficient (Wildman–Crippen LogP) is 1.20. The molecule has 4 nitrogen and oxygen atoms in total. The summed E-state index contributed by atoms with van der Waals surface area (Å²) in [5.41, 5.74) is 8.38. The number of carbonyl (C=O) groups excluding carboxylic acids is 1. The minimum absolute atomic E-state index is 0.165. The van der Waals surface area contributed by atoms with Crippen LogP contribution in [0.25, 0.3) is 0 Å². The molecule has 2 unspecified atom stereocenters. The Bertz CT molecular complexity index is 204. The van der Waals surface area contributed by atoms with E-state index in [1.54, 1.807) is 5.48 Å². The highest BCUT2D eigenvalue weighted by Crippen LogP contribution is 2.17. The lowest BCUT2D eigenvalue weighted by Crippen LogP contribution is -2.28. The summed E-state index contributed by atoms with van der Waals surface area (Å²) in [7, 11) is 0. The normalized spacial score (nSPS) is 14.6. The summed E-state index contributed by atoms with van der Waals surface area (Å²) in [6, 6.07) is -0.165. The Balaban J connectivity index is 3.90. The highest BCUT2D eigenvalue weighted by molar-refractivity contribution is 5.74. The van der Waals surface area contributed by atoms with Crippen molar-refractivity contribution < 1.29 is 10.0 Å². The van der Waals surface area contributed by atoms with E-state index < -0.39 is 5.91 Å². The number of hydrogen-bond donors (Lipinski definition) is 3. The van der Waals surface area contributed by atoms with Crippen molar-refractivity contribution in [2.45, 2.75) is 39.2 Å². The highest BCUT2D eigenvalue weighted by atomic mass is 16.5. The Hall–Kier alpha value is -0.870. The first-order valence-electron chi connectivity index (χ1n) is 4.90. The molecule has 0 bridgehead atoms. The summed E-state index contributed by atoms with van der Waals surface area (Å²) in [6.07, 6.45) is 1.75. The Labute approximate surface area is 85.1 Å². The van der Waals surface area contributed by atoms with Gasteiger partial charge < -0.3 is 5.73 Å². The summed E-state index contributed by atoms with van der Waals surface area (Å²) >= 11 is 0. The molecular weight excluding hydrogens is 180 g/mol. The van der Waals surface area contributed by atoms with Gasteiger partial charge in [-0.1, -0.05) is 26.0 Å². The SMILES string of the molecule is C=C(C(C)CC)C(N)CCC(=O)NO. The highest BCUT2D eigenvalue weighted by Gasteiger charge is 2.13. The number of rotatable bonds is 6. The van der Waals surface area contributed by atoms with Crippen LogP contribution in [-0.2, 0) is 4.79 Å². The minimum atomic E-state index is -0.405. The van der Waals surface area contributed by atoms with Crippen LogP contribution in [-0.4, -0.2) is 17.2 Å². The van der Waals surface area contributed by atoms with Crippen LogP contribution in [0.5, 0.6) is 0 Å². The summed E-state index contributed by atoms with van der Waals surface area (Å²) < 4.78 is 0. The van der Waals surface area contributed by atoms with Crippen molar-refractivity contribution in [2.24, 2.45) is 11.7 Å². The predicted molar refractivity (Wildman–Crippen MR) is 55.7 cm³/mol. The molecule has 0 aliphatic carbocycles. The Kier molecular flexibility index (Phi) is 6.16. The first-order valence-corrected chi connectivity index (χ1v) is 4.90. The summed E-state index contributed by atoms with van der Waals surface area (Å²) in [6.45, 7) is 8.05. The molecule has 0 saturated heterocycles. The number of nitrogens with two attached hydrogens (primary N) is 1. The standard InChI is InChI=1S/C10H20N2O2/c1-4-7(2)8(3)9(11)5-6-10(13)12-14/h7,9,14H,3-6,11H2,1-2H3,(H,12,13). The van der Waals surface area contributed by atoms with E-state index in [9.17, 15) is 4.79 Å². The van der Waals surface area contributed by atoms with E-state index in [0.717, 1.165) is 12.0 Å². The van der Waals surface area contributed by atoms with Gasteiger partial charge in [0, 0.05) is 12.5 Å². The molecule has 4 heteroatoms. The number of carbonyl (C=O) groups is 1. The van der Waals surface area contributed by atoms with E-state index in [4.69, 9.17) is 10.9 Å². The summed E-state index contributed by atoms with van der Waals surface area (Å²) in [5, 5.41) is 8.28. The minimum Gasteiger partial charge on any atom is -0.324 e. The molecule has 0 radical (unpaired) electrons. The van der Waals surface area contributed by atoms with Crippen LogP contribution in [0.4, 0.5) is 0 Å². The van der Waals surface area contributed by atoms with E-state index in [-0.39, 0.29) is 12.5 Å². The van der Waals surface area contributed by atoms with Gasteiger partial charge in [0.25, 0.3) is 0 Å². The molecule has 0 aromatic rings. The van der Waals surface area contributed by atoms with Crippen LogP contribution in [0, 0.1) is 5.92 Å². The van der Waals surface area contributed by atoms with E-state index >= 15 is 0 Å². The number of nitrogens with one attached hydrogen (secondary N) is 1. The first kappa shape index (κ1) is 13.1. The van der Waals surface area contributed by atoms with Gasteiger partial charge in [0.2, 0.25) is 5.91 Å². The van der Waals surface area contributed by atoms with Crippen molar-refractivity contribution in [3.05, 3.63) is 12.2 Å². The van der Waals surface area contributed by atoms with Gasteiger partial charge >= 0.3 is 0 Å². The first-order chi connectivity index (χ1) is 6.52. The molecule has 0 fully saturated rings. The van der Waals surface area contributed by atoms with E-state index in [0.29, 0.717) is 12.3 Å². The fraction of sp³-hybridized carbons (Fsp3) is 0.700. The van der Waals surface area contributed by atoms with Gasteiger partial charge in [-0.2, -0.15) is 0 Å². The van der Waals surface area contributed by atoms with Crippen molar-refractivity contribution in [2.75, 3.05) is 0 Å². The average Bonchev–Trinajstić information content (AvgIpc) is 2.22. The molecule has 14 heavy (non-hydrogen) atoms. The molecule has 0 aliphatic heterocycles. The van der Waals surface area contributed by atoms with Gasteiger partial charge in [-0.15, -0.1) is 0 Å². The fourth-order valence-corrected chi connectivity index (χ4v) is 1.16. The molecule has 1 amide bonds. The van der Waals surface area contributed by atoms with E-state index in [2.05, 4.69) is 20.4 Å². The fourth-order valence-electron chi connectivity index (χ4n) is 1.16. The second-order valence-electron chi connectivity index (χ2n) is 3.56. The van der Waals surface area contributed by atoms with Crippen LogP contribution >= 0.6 is 0 Å². The molecule has 82 valence electrons. The van der Waals surface area contributed by atoms with E-state index in [1.165, 1.54) is 0 Å². The van der Waals surface area contributed by atoms with Crippen molar-refractivity contribution in [3.63, 3.8) is 0 Å². The van der Waals surface area contributed by atoms with Crippen molar-refractivity contribution in [1.82, 2.24) is 5.48 Å². The molecule has 0 rings (SSSR count). The summed E-state index contributed by atoms with van der Waals surface area (Å²) in [4.78, 5) is 10.7. The molecule has 0 heterocycles. The molecular formula is C10H20N2O2. The monoisotopic (exact) mass is 200 g/mol. The maximum absolute atomic E-state index is 10.7. The van der Waals surface area contributed by atoms with Gasteiger partial charge in [0.05, 0.1) is 0 Å². The molecule has 0 aromatic carbocycles. The van der Waals surface area contributed by atoms with Crippen LogP contribution in [0.15, 0.2) is 12.2 Å². The zero-order chi connectivity index (χ0) is 11.1. The molecule has 0 saturated carbocycles. The Morgan fingerprint density at radius 3 is 2.64 bits per heavy atom. The number of hydrogen-bond acceptors (Lipinski definition) is 3. The third kappa shape index (κ3) is 4.39. The lowest BCUT2D eigenvalue weighted by atomic mass is 9.91. The molecule has 0 aliphatic rings. The quantitative estimate of drug-likeness (QED) is 0.342. The summed E-state index contributed by atoms with van der Waals surface area (Å²) in [5.74, 6) is -0.0282. The zero-order valence-corrected chi connectivity index (χ0v) is 8.92. The van der Waals surface area contributed by atoms with Gasteiger partial charge in [0.15, 0.2) is 0 Å². The van der Waals surface area contributed by atoms with E-state index in [1.807, 2.05) is 0 Å². The topological polar surface area (TPSA) is 75.4 Å². The smallest absolute Gasteiger partial charge is 0.243 e. The van der Waals surface area contributed by atoms with Crippen molar-refractivity contribution >= 4 is 5.91 Å². The van der Waals surface area contributed by atoms with Crippen molar-refractivity contribution in [3.8, 4) is 0 Å². The lowest BCUT2D eigenvalue weighted by Gasteiger charge is -2.19. The lowest BCUT2D eigenvalue weighted by molar-refractivity contribution is -0.129. The Morgan fingerprint density at radius 2 is 2.21 bits per heavy atom. The third-order valence-electron chi connectivity index (χ3n) is 2.53. The maximum atomic E-state index is 10.7. The second kappa shape index (κ2) is 6.56. The van der Waals surface area contributed by atoms with Crippen LogP contribution < -0.4 is 11.2 Å².